The highest BCUT2D eigenvalue weighted by molar-refractivity contribution is 8.93. The predicted molar refractivity (Wildman–Crippen MR) is 160 cm³/mol. The van der Waals surface area contributed by atoms with Crippen LogP contribution in [-0.4, -0.2) is 59.2 Å². The van der Waals surface area contributed by atoms with Gasteiger partial charge in [0.1, 0.15) is 29.8 Å². The molecule has 4 heterocycles. The molecule has 39 heavy (non-hydrogen) atoms. The van der Waals surface area contributed by atoms with Crippen molar-refractivity contribution in [1.82, 2.24) is 15.1 Å². The van der Waals surface area contributed by atoms with Gasteiger partial charge in [-0.25, -0.2) is 0 Å². The van der Waals surface area contributed by atoms with Gasteiger partial charge in [0.25, 0.3) is 5.89 Å². The van der Waals surface area contributed by atoms with Crippen molar-refractivity contribution in [3.63, 3.8) is 0 Å². The molecule has 4 aromatic rings. The summed E-state index contributed by atoms with van der Waals surface area (Å²) in [5.74, 6) is 3.84. The van der Waals surface area contributed by atoms with Crippen LogP contribution in [-0.2, 0) is 6.42 Å². The Hall–Kier alpha value is -2.40. The maximum atomic E-state index is 10.7. The summed E-state index contributed by atoms with van der Waals surface area (Å²) in [6, 6.07) is 14.2. The smallest absolute Gasteiger partial charge is 0.283 e. The number of aliphatic hydroxyl groups excluding tert-OH is 1. The maximum absolute atomic E-state index is 10.7. The molecule has 1 fully saturated rings. The van der Waals surface area contributed by atoms with Crippen LogP contribution in [0.4, 0.5) is 0 Å². The van der Waals surface area contributed by atoms with Gasteiger partial charge < -0.3 is 28.3 Å². The van der Waals surface area contributed by atoms with Crippen LogP contribution >= 0.6 is 34.0 Å². The Kier molecular flexibility index (Phi) is 9.74. The number of hydrogen-bond acceptors (Lipinski definition) is 8. The Morgan fingerprint density at radius 1 is 1.05 bits per heavy atom. The number of aromatic nitrogens is 2. The van der Waals surface area contributed by atoms with Crippen molar-refractivity contribution in [1.29, 1.82) is 0 Å². The van der Waals surface area contributed by atoms with E-state index >= 15 is 0 Å². The molecule has 1 atom stereocenters. The van der Waals surface area contributed by atoms with Crippen molar-refractivity contribution in [3.05, 3.63) is 59.5 Å². The van der Waals surface area contributed by atoms with Gasteiger partial charge in [0.2, 0.25) is 5.89 Å². The second kappa shape index (κ2) is 12.8. The summed E-state index contributed by atoms with van der Waals surface area (Å²) >= 11 is 0. The van der Waals surface area contributed by atoms with E-state index in [0.29, 0.717) is 41.3 Å². The van der Waals surface area contributed by atoms with Crippen LogP contribution < -0.4 is 9.47 Å². The summed E-state index contributed by atoms with van der Waals surface area (Å²) in [4.78, 5) is 2.33. The van der Waals surface area contributed by atoms with Crippen LogP contribution in [0.5, 0.6) is 11.5 Å². The number of rotatable bonds is 8. The Labute approximate surface area is 249 Å². The molecule has 0 amide bonds. The van der Waals surface area contributed by atoms with Crippen LogP contribution in [0, 0.1) is 0 Å². The quantitative estimate of drug-likeness (QED) is 0.234. The van der Waals surface area contributed by atoms with Crippen molar-refractivity contribution >= 4 is 44.9 Å². The number of fused-ring (bicyclic) bond motifs is 2. The Morgan fingerprint density at radius 2 is 1.87 bits per heavy atom. The number of hydrogen-bond donors (Lipinski definition) is 1. The van der Waals surface area contributed by atoms with Crippen molar-refractivity contribution in [2.75, 3.05) is 32.8 Å². The summed E-state index contributed by atoms with van der Waals surface area (Å²) in [5.41, 5.74) is 3.43. The molecule has 1 saturated heterocycles. The second-order valence-corrected chi connectivity index (χ2v) is 10.4. The molecule has 0 unspecified atom stereocenters. The molecular formula is C29H35Br2N3O5. The molecule has 6 rings (SSSR count). The largest absolute Gasteiger partial charge is 0.493 e. The van der Waals surface area contributed by atoms with E-state index in [2.05, 4.69) is 33.3 Å². The third-order valence-corrected chi connectivity index (χ3v) is 7.34. The number of aliphatic hydroxyl groups is 1. The third-order valence-electron chi connectivity index (χ3n) is 7.34. The van der Waals surface area contributed by atoms with E-state index in [1.807, 2.05) is 38.1 Å². The predicted octanol–water partition coefficient (Wildman–Crippen LogP) is 6.32. The SMILES string of the molecule is Br.Br.CC(C)c1nnc(-c2cc3c(OC[C@@H](O)CN4CCC(c5ccc6c(c5)CCO6)CC4)cccc3o2)o1. The number of piperidine rings is 1. The fourth-order valence-corrected chi connectivity index (χ4v) is 5.28. The molecule has 210 valence electrons. The number of nitrogens with zero attached hydrogens (tertiary/aromatic N) is 3. The van der Waals surface area contributed by atoms with Gasteiger partial charge in [0.05, 0.1) is 12.0 Å². The molecule has 0 spiro atoms. The Balaban J connectivity index is 0.00000176. The van der Waals surface area contributed by atoms with Crippen LogP contribution in [0.2, 0.25) is 0 Å². The lowest BCUT2D eigenvalue weighted by Crippen LogP contribution is -2.40. The van der Waals surface area contributed by atoms with Gasteiger partial charge in [0.15, 0.2) is 5.76 Å². The molecule has 8 nitrogen and oxygen atoms in total. The summed E-state index contributed by atoms with van der Waals surface area (Å²) in [6.07, 6.45) is 2.62. The molecule has 2 aromatic carbocycles. The molecule has 0 bridgehead atoms. The summed E-state index contributed by atoms with van der Waals surface area (Å²) in [7, 11) is 0. The first-order valence-electron chi connectivity index (χ1n) is 13.2. The first-order chi connectivity index (χ1) is 18.0. The standard InChI is InChI=1S/C29H33N3O5.2BrH/c1-18(2)28-30-31-29(37-28)27-15-23-25(4-3-5-26(23)36-27)35-17-22(33)16-32-11-8-19(9-12-32)20-6-7-24-21(14-20)10-13-34-24;;/h3-7,14-15,18-19,22,33H,8-13,16-17H2,1-2H3;2*1H/t22-;;/m0../s1. The Morgan fingerprint density at radius 3 is 2.64 bits per heavy atom. The van der Waals surface area contributed by atoms with E-state index in [0.717, 1.165) is 50.1 Å². The van der Waals surface area contributed by atoms with Crippen LogP contribution in [0.25, 0.3) is 22.6 Å². The Bertz CT molecular complexity index is 1380. The average molecular weight is 665 g/mol. The van der Waals surface area contributed by atoms with Crippen molar-refractivity contribution in [3.8, 4) is 23.1 Å². The highest BCUT2D eigenvalue weighted by Gasteiger charge is 2.24. The summed E-state index contributed by atoms with van der Waals surface area (Å²) < 4.78 is 23.3. The molecule has 0 radical (unpaired) electrons. The molecule has 10 heteroatoms. The highest BCUT2D eigenvalue weighted by atomic mass is 79.9. The van der Waals surface area contributed by atoms with Crippen LogP contribution in [0.3, 0.4) is 0 Å². The lowest BCUT2D eigenvalue weighted by molar-refractivity contribution is 0.0599. The zero-order chi connectivity index (χ0) is 25.4. The minimum absolute atomic E-state index is 0. The maximum Gasteiger partial charge on any atom is 0.283 e. The highest BCUT2D eigenvalue weighted by Crippen LogP contribution is 2.35. The topological polar surface area (TPSA) is 94.0 Å². The van der Waals surface area contributed by atoms with Gasteiger partial charge in [0, 0.05) is 24.9 Å². The van der Waals surface area contributed by atoms with Gasteiger partial charge in [-0.2, -0.15) is 0 Å². The van der Waals surface area contributed by atoms with Gasteiger partial charge in [-0.05, 0) is 61.2 Å². The van der Waals surface area contributed by atoms with E-state index in [1.165, 1.54) is 11.1 Å². The molecular weight excluding hydrogens is 630 g/mol. The van der Waals surface area contributed by atoms with E-state index in [-0.39, 0.29) is 46.5 Å². The molecule has 2 aliphatic rings. The van der Waals surface area contributed by atoms with Gasteiger partial charge in [-0.3, -0.25) is 0 Å². The summed E-state index contributed by atoms with van der Waals surface area (Å²) in [5, 5.41) is 19.7. The molecule has 2 aliphatic heterocycles. The van der Waals surface area contributed by atoms with E-state index in [9.17, 15) is 5.11 Å². The number of ether oxygens (including phenoxy) is 2. The zero-order valence-electron chi connectivity index (χ0n) is 22.2. The summed E-state index contributed by atoms with van der Waals surface area (Å²) in [6.45, 7) is 7.54. The lowest BCUT2D eigenvalue weighted by atomic mass is 9.88. The number of benzene rings is 2. The first-order valence-corrected chi connectivity index (χ1v) is 13.2. The minimum Gasteiger partial charge on any atom is -0.493 e. The zero-order valence-corrected chi connectivity index (χ0v) is 25.6. The van der Waals surface area contributed by atoms with E-state index < -0.39 is 6.10 Å². The molecule has 0 saturated carbocycles. The number of halogens is 2. The number of β-amino-alcohol motifs (C(OH)–C–C–N with tert-alkyl or cyclic N) is 1. The third kappa shape index (κ3) is 6.51. The normalized spacial score (nSPS) is 16.4. The average Bonchev–Trinajstić information content (AvgIpc) is 3.66. The first kappa shape index (κ1) is 29.6. The molecule has 1 N–H and O–H groups in total. The molecule has 2 aromatic heterocycles. The van der Waals surface area contributed by atoms with Gasteiger partial charge >= 0.3 is 0 Å². The fourth-order valence-electron chi connectivity index (χ4n) is 5.28. The number of furan rings is 1. The van der Waals surface area contributed by atoms with E-state index in [1.54, 1.807) is 0 Å². The van der Waals surface area contributed by atoms with Gasteiger partial charge in [-0.1, -0.05) is 32.0 Å². The number of likely N-dealkylation sites (tertiary alicyclic amines) is 1. The lowest BCUT2D eigenvalue weighted by Gasteiger charge is -2.33. The minimum atomic E-state index is -0.583. The van der Waals surface area contributed by atoms with Crippen LogP contribution in [0.1, 0.15) is 55.5 Å². The molecule has 0 aliphatic carbocycles. The van der Waals surface area contributed by atoms with Crippen LogP contribution in [0.15, 0.2) is 51.3 Å². The van der Waals surface area contributed by atoms with E-state index in [4.69, 9.17) is 18.3 Å². The second-order valence-electron chi connectivity index (χ2n) is 10.4. The van der Waals surface area contributed by atoms with Crippen molar-refractivity contribution < 1.29 is 23.4 Å². The van der Waals surface area contributed by atoms with Crippen molar-refractivity contribution in [2.24, 2.45) is 0 Å². The monoisotopic (exact) mass is 663 g/mol. The fraction of sp³-hybridized carbons (Fsp3) is 0.448. The van der Waals surface area contributed by atoms with Gasteiger partial charge in [-0.15, -0.1) is 44.2 Å². The van der Waals surface area contributed by atoms with Crippen molar-refractivity contribution in [2.45, 2.75) is 51.0 Å².